The third-order valence-electron chi connectivity index (χ3n) is 2.17. The van der Waals surface area contributed by atoms with Crippen LogP contribution < -0.4 is 15.8 Å². The minimum Gasteiger partial charge on any atom is -0.406 e. The van der Waals surface area contributed by atoms with Crippen molar-refractivity contribution in [2.24, 2.45) is 0 Å². The lowest BCUT2D eigenvalue weighted by Crippen LogP contribution is -2.17. The number of hydrogen-bond acceptors (Lipinski definition) is 5. The second kappa shape index (κ2) is 5.41. The van der Waals surface area contributed by atoms with Crippen LogP contribution in [-0.2, 0) is 0 Å². The molecule has 0 bridgehead atoms. The molecular weight excluding hydrogens is 297 g/mol. The summed E-state index contributed by atoms with van der Waals surface area (Å²) in [5, 5.41) is 2.78. The molecule has 5 nitrogen and oxygen atoms in total. The topological polar surface area (TPSA) is 73.1 Å². The zero-order chi connectivity index (χ0) is 14.8. The fourth-order valence-corrected chi connectivity index (χ4v) is 1.51. The van der Waals surface area contributed by atoms with Crippen LogP contribution >= 0.6 is 11.6 Å². The van der Waals surface area contributed by atoms with E-state index in [1.54, 1.807) is 0 Å². The number of aromatic nitrogens is 2. The van der Waals surface area contributed by atoms with Crippen molar-refractivity contribution in [1.82, 2.24) is 9.97 Å². The van der Waals surface area contributed by atoms with Crippen molar-refractivity contribution in [2.45, 2.75) is 6.36 Å². The summed E-state index contributed by atoms with van der Waals surface area (Å²) in [6, 6.07) is 5.25. The first-order valence-electron chi connectivity index (χ1n) is 5.24. The van der Waals surface area contributed by atoms with Gasteiger partial charge in [0.05, 0.1) is 0 Å². The van der Waals surface area contributed by atoms with Crippen LogP contribution in [0.2, 0.25) is 5.15 Å². The van der Waals surface area contributed by atoms with Gasteiger partial charge in [0.2, 0.25) is 0 Å². The number of benzene rings is 1. The smallest absolute Gasteiger partial charge is 0.406 e. The molecule has 20 heavy (non-hydrogen) atoms. The van der Waals surface area contributed by atoms with Gasteiger partial charge in [-0.15, -0.1) is 13.2 Å². The number of halogens is 4. The Kier molecular flexibility index (Phi) is 3.84. The van der Waals surface area contributed by atoms with E-state index in [1.807, 2.05) is 0 Å². The van der Waals surface area contributed by atoms with Gasteiger partial charge in [-0.05, 0) is 12.1 Å². The fourth-order valence-electron chi connectivity index (χ4n) is 1.38. The largest absolute Gasteiger partial charge is 0.573 e. The standard InChI is InChI=1S/C11H8ClF3N4O/c12-9-8(16)10(18-5-17-9)19-6-2-1-3-7(4-6)20-11(13,14)15/h1-5H,16H2,(H,17,18,19). The molecule has 0 aliphatic heterocycles. The quantitative estimate of drug-likeness (QED) is 0.851. The Bertz CT molecular complexity index is 621. The molecule has 9 heteroatoms. The lowest BCUT2D eigenvalue weighted by molar-refractivity contribution is -0.274. The summed E-state index contributed by atoms with van der Waals surface area (Å²) in [6.07, 6.45) is -3.58. The Balaban J connectivity index is 2.22. The monoisotopic (exact) mass is 304 g/mol. The lowest BCUT2D eigenvalue weighted by atomic mass is 10.3. The van der Waals surface area contributed by atoms with E-state index in [0.717, 1.165) is 6.07 Å². The van der Waals surface area contributed by atoms with Gasteiger partial charge >= 0.3 is 6.36 Å². The molecular formula is C11H8ClF3N4O. The maximum Gasteiger partial charge on any atom is 0.573 e. The Hall–Kier alpha value is -2.22. The van der Waals surface area contributed by atoms with Crippen LogP contribution in [0.1, 0.15) is 0 Å². The maximum absolute atomic E-state index is 12.1. The van der Waals surface area contributed by atoms with Crippen LogP contribution in [0.3, 0.4) is 0 Å². The predicted octanol–water partition coefficient (Wildman–Crippen LogP) is 3.35. The van der Waals surface area contributed by atoms with E-state index in [-0.39, 0.29) is 22.4 Å². The van der Waals surface area contributed by atoms with Crippen molar-refractivity contribution < 1.29 is 17.9 Å². The second-order valence-corrected chi connectivity index (χ2v) is 3.99. The molecule has 0 aliphatic rings. The van der Waals surface area contributed by atoms with Gasteiger partial charge in [-0.2, -0.15) is 0 Å². The molecule has 1 aromatic heterocycles. The Morgan fingerprint density at radius 2 is 2.00 bits per heavy atom. The average Bonchev–Trinajstić information content (AvgIpc) is 2.33. The molecule has 1 heterocycles. The van der Waals surface area contributed by atoms with Gasteiger partial charge in [0, 0.05) is 11.8 Å². The third-order valence-corrected chi connectivity index (χ3v) is 2.47. The minimum absolute atomic E-state index is 0.0465. The molecule has 0 fully saturated rings. The number of nitrogen functional groups attached to an aromatic ring is 1. The zero-order valence-corrected chi connectivity index (χ0v) is 10.5. The zero-order valence-electron chi connectivity index (χ0n) is 9.78. The fraction of sp³-hybridized carbons (Fsp3) is 0.0909. The summed E-state index contributed by atoms with van der Waals surface area (Å²) < 4.78 is 40.2. The lowest BCUT2D eigenvalue weighted by Gasteiger charge is -2.12. The van der Waals surface area contributed by atoms with E-state index in [0.29, 0.717) is 5.69 Å². The number of anilines is 3. The number of hydrogen-bond donors (Lipinski definition) is 2. The van der Waals surface area contributed by atoms with E-state index < -0.39 is 6.36 Å². The van der Waals surface area contributed by atoms with Crippen LogP contribution in [0.5, 0.6) is 5.75 Å². The van der Waals surface area contributed by atoms with Gasteiger partial charge in [-0.1, -0.05) is 17.7 Å². The van der Waals surface area contributed by atoms with Gasteiger partial charge in [0.15, 0.2) is 11.0 Å². The Morgan fingerprint density at radius 1 is 1.25 bits per heavy atom. The van der Waals surface area contributed by atoms with Crippen molar-refractivity contribution >= 4 is 28.8 Å². The Morgan fingerprint density at radius 3 is 2.70 bits per heavy atom. The summed E-state index contributed by atoms with van der Waals surface area (Å²) >= 11 is 5.71. The summed E-state index contributed by atoms with van der Waals surface area (Å²) in [5.41, 5.74) is 6.05. The average molecular weight is 305 g/mol. The van der Waals surface area contributed by atoms with Gasteiger partial charge < -0.3 is 15.8 Å². The first-order valence-corrected chi connectivity index (χ1v) is 5.62. The highest BCUT2D eigenvalue weighted by Gasteiger charge is 2.31. The van der Waals surface area contributed by atoms with E-state index in [4.69, 9.17) is 17.3 Å². The number of nitrogens with zero attached hydrogens (tertiary/aromatic N) is 2. The van der Waals surface area contributed by atoms with Gasteiger partial charge in [0.1, 0.15) is 17.8 Å². The van der Waals surface area contributed by atoms with Gasteiger partial charge in [-0.25, -0.2) is 9.97 Å². The van der Waals surface area contributed by atoms with Crippen LogP contribution in [0, 0.1) is 0 Å². The van der Waals surface area contributed by atoms with E-state index in [1.165, 1.54) is 24.5 Å². The minimum atomic E-state index is -4.75. The first kappa shape index (κ1) is 14.2. The van der Waals surface area contributed by atoms with Crippen molar-refractivity contribution in [3.63, 3.8) is 0 Å². The molecule has 2 rings (SSSR count). The molecule has 0 amide bonds. The second-order valence-electron chi connectivity index (χ2n) is 3.63. The molecule has 0 saturated carbocycles. The van der Waals surface area contributed by atoms with Crippen molar-refractivity contribution in [1.29, 1.82) is 0 Å². The SMILES string of the molecule is Nc1c(Cl)ncnc1Nc1cccc(OC(F)(F)F)c1. The van der Waals surface area contributed by atoms with Crippen molar-refractivity contribution in [3.05, 3.63) is 35.7 Å². The van der Waals surface area contributed by atoms with E-state index in [9.17, 15) is 13.2 Å². The van der Waals surface area contributed by atoms with Crippen molar-refractivity contribution in [3.8, 4) is 5.75 Å². The summed E-state index contributed by atoms with van der Waals surface area (Å²) in [4.78, 5) is 7.51. The molecule has 106 valence electrons. The summed E-state index contributed by atoms with van der Waals surface area (Å²) in [7, 11) is 0. The molecule has 0 unspecified atom stereocenters. The van der Waals surface area contributed by atoms with E-state index in [2.05, 4.69) is 20.0 Å². The van der Waals surface area contributed by atoms with Crippen LogP contribution in [0.15, 0.2) is 30.6 Å². The molecule has 0 saturated heterocycles. The summed E-state index contributed by atoms with van der Waals surface area (Å²) in [6.45, 7) is 0. The Labute approximate surface area is 116 Å². The highest BCUT2D eigenvalue weighted by Crippen LogP contribution is 2.29. The van der Waals surface area contributed by atoms with E-state index >= 15 is 0 Å². The highest BCUT2D eigenvalue weighted by molar-refractivity contribution is 6.32. The molecule has 3 N–H and O–H groups in total. The molecule has 0 atom stereocenters. The predicted molar refractivity (Wildman–Crippen MR) is 67.9 cm³/mol. The van der Waals surface area contributed by atoms with Crippen LogP contribution in [-0.4, -0.2) is 16.3 Å². The summed E-state index contributed by atoms with van der Waals surface area (Å²) in [5.74, 6) is -0.171. The third kappa shape index (κ3) is 3.64. The molecule has 0 spiro atoms. The number of rotatable bonds is 3. The number of alkyl halides is 3. The number of ether oxygens (including phenoxy) is 1. The van der Waals surface area contributed by atoms with Gasteiger partial charge in [-0.3, -0.25) is 0 Å². The number of nitrogens with two attached hydrogens (primary N) is 1. The normalized spacial score (nSPS) is 11.2. The molecule has 0 aliphatic carbocycles. The van der Waals surface area contributed by atoms with Gasteiger partial charge in [0.25, 0.3) is 0 Å². The van der Waals surface area contributed by atoms with Crippen LogP contribution in [0.4, 0.5) is 30.4 Å². The maximum atomic E-state index is 12.1. The molecule has 0 radical (unpaired) electrons. The molecule has 1 aromatic carbocycles. The first-order chi connectivity index (χ1) is 9.35. The van der Waals surface area contributed by atoms with Crippen LogP contribution in [0.25, 0.3) is 0 Å². The highest BCUT2D eigenvalue weighted by atomic mass is 35.5. The number of nitrogens with one attached hydrogen (secondary N) is 1. The van der Waals surface area contributed by atoms with Crippen molar-refractivity contribution in [2.75, 3.05) is 11.1 Å². The molecule has 2 aromatic rings.